The number of amides is 1. The Hall–Kier alpha value is -0.770. The number of ether oxygens (including phenoxy) is 1. The van der Waals surface area contributed by atoms with Gasteiger partial charge in [-0.3, -0.25) is 0 Å². The van der Waals surface area contributed by atoms with Gasteiger partial charge in [-0.15, -0.1) is 0 Å². The van der Waals surface area contributed by atoms with E-state index in [0.717, 1.165) is 25.9 Å². The Kier molecular flexibility index (Phi) is 4.19. The zero-order valence-electron chi connectivity index (χ0n) is 10.8. The van der Waals surface area contributed by atoms with E-state index in [1.807, 2.05) is 27.7 Å². The van der Waals surface area contributed by atoms with Gasteiger partial charge in [0.25, 0.3) is 0 Å². The summed E-state index contributed by atoms with van der Waals surface area (Å²) in [6.07, 6.45) is 1.95. The third kappa shape index (κ3) is 4.39. The molecule has 0 unspecified atom stereocenters. The molecule has 1 amide bonds. The Labute approximate surface area is 98.1 Å². The average Bonchev–Trinajstić information content (AvgIpc) is 1.96. The molecule has 1 aliphatic rings. The Morgan fingerprint density at radius 3 is 2.50 bits per heavy atom. The quantitative estimate of drug-likeness (QED) is 0.803. The van der Waals surface area contributed by atoms with Crippen molar-refractivity contribution in [2.24, 2.45) is 11.7 Å². The minimum atomic E-state index is -0.395. The van der Waals surface area contributed by atoms with Crippen molar-refractivity contribution < 1.29 is 9.53 Å². The van der Waals surface area contributed by atoms with E-state index in [9.17, 15) is 4.79 Å². The van der Waals surface area contributed by atoms with Gasteiger partial charge in [0, 0.05) is 19.1 Å². The molecule has 0 aromatic rings. The topological polar surface area (TPSA) is 55.6 Å². The predicted octanol–water partition coefficient (Wildman–Crippen LogP) is 1.98. The van der Waals surface area contributed by atoms with Gasteiger partial charge in [0.15, 0.2) is 0 Å². The molecular formula is C12H24N2O2. The van der Waals surface area contributed by atoms with E-state index < -0.39 is 5.60 Å². The normalized spacial score (nSPS) is 19.2. The van der Waals surface area contributed by atoms with Crippen LogP contribution in [0, 0.1) is 5.92 Å². The maximum absolute atomic E-state index is 11.6. The lowest BCUT2D eigenvalue weighted by atomic mass is 9.93. The van der Waals surface area contributed by atoms with Crippen LogP contribution in [0.5, 0.6) is 0 Å². The van der Waals surface area contributed by atoms with Gasteiger partial charge in [-0.05, 0) is 46.5 Å². The zero-order chi connectivity index (χ0) is 12.3. The van der Waals surface area contributed by atoms with Crippen LogP contribution >= 0.6 is 0 Å². The molecule has 2 N–H and O–H groups in total. The molecular weight excluding hydrogens is 204 g/mol. The Morgan fingerprint density at radius 1 is 1.50 bits per heavy atom. The van der Waals surface area contributed by atoms with Crippen LogP contribution in [0.1, 0.15) is 40.5 Å². The molecule has 0 aromatic carbocycles. The van der Waals surface area contributed by atoms with E-state index in [1.54, 1.807) is 4.90 Å². The fourth-order valence-electron chi connectivity index (χ4n) is 1.73. The van der Waals surface area contributed by atoms with Crippen molar-refractivity contribution in [3.8, 4) is 0 Å². The molecule has 1 fully saturated rings. The summed E-state index contributed by atoms with van der Waals surface area (Å²) in [5, 5.41) is 0. The fourth-order valence-corrected chi connectivity index (χ4v) is 1.73. The van der Waals surface area contributed by atoms with Crippen LogP contribution in [0.2, 0.25) is 0 Å². The molecule has 0 spiro atoms. The van der Waals surface area contributed by atoms with Crippen LogP contribution in [0.3, 0.4) is 0 Å². The van der Waals surface area contributed by atoms with E-state index in [-0.39, 0.29) is 12.1 Å². The largest absolute Gasteiger partial charge is 0.444 e. The SMILES string of the molecule is C[C@H](N)CCC1CN(C(=O)OC(C)(C)C)C1. The van der Waals surface area contributed by atoms with E-state index in [0.29, 0.717) is 5.92 Å². The van der Waals surface area contributed by atoms with Crippen LogP contribution < -0.4 is 5.73 Å². The zero-order valence-corrected chi connectivity index (χ0v) is 10.8. The van der Waals surface area contributed by atoms with Crippen molar-refractivity contribution in [3.63, 3.8) is 0 Å². The van der Waals surface area contributed by atoms with Crippen LogP contribution in [0.4, 0.5) is 4.79 Å². The monoisotopic (exact) mass is 228 g/mol. The summed E-state index contributed by atoms with van der Waals surface area (Å²) in [5.74, 6) is 0.610. The van der Waals surface area contributed by atoms with Gasteiger partial charge >= 0.3 is 6.09 Å². The first kappa shape index (κ1) is 13.3. The van der Waals surface area contributed by atoms with Crippen LogP contribution in [0.15, 0.2) is 0 Å². The summed E-state index contributed by atoms with van der Waals surface area (Å²) in [4.78, 5) is 13.4. The molecule has 0 aromatic heterocycles. The number of nitrogens with zero attached hydrogens (tertiary/aromatic N) is 1. The molecule has 1 saturated heterocycles. The number of likely N-dealkylation sites (tertiary alicyclic amines) is 1. The van der Waals surface area contributed by atoms with Crippen molar-refractivity contribution in [1.29, 1.82) is 0 Å². The lowest BCUT2D eigenvalue weighted by Gasteiger charge is -2.40. The van der Waals surface area contributed by atoms with Gasteiger partial charge in [-0.1, -0.05) is 0 Å². The molecule has 4 heteroatoms. The van der Waals surface area contributed by atoms with Gasteiger partial charge in [0.2, 0.25) is 0 Å². The lowest BCUT2D eigenvalue weighted by Crippen LogP contribution is -2.51. The fraction of sp³-hybridized carbons (Fsp3) is 0.917. The molecule has 0 aliphatic carbocycles. The summed E-state index contributed by atoms with van der Waals surface area (Å²) < 4.78 is 5.28. The first-order valence-electron chi connectivity index (χ1n) is 6.01. The highest BCUT2D eigenvalue weighted by atomic mass is 16.6. The molecule has 0 radical (unpaired) electrons. The number of hydrogen-bond acceptors (Lipinski definition) is 3. The number of hydrogen-bond donors (Lipinski definition) is 1. The van der Waals surface area contributed by atoms with Gasteiger partial charge in [-0.25, -0.2) is 4.79 Å². The maximum Gasteiger partial charge on any atom is 0.410 e. The first-order valence-corrected chi connectivity index (χ1v) is 6.01. The Bertz CT molecular complexity index is 240. The second-order valence-electron chi connectivity index (χ2n) is 5.81. The maximum atomic E-state index is 11.6. The van der Waals surface area contributed by atoms with Gasteiger partial charge < -0.3 is 15.4 Å². The molecule has 16 heavy (non-hydrogen) atoms. The molecule has 1 heterocycles. The van der Waals surface area contributed by atoms with Crippen molar-refractivity contribution >= 4 is 6.09 Å². The van der Waals surface area contributed by atoms with Crippen molar-refractivity contribution in [3.05, 3.63) is 0 Å². The van der Waals surface area contributed by atoms with Crippen molar-refractivity contribution in [2.45, 2.75) is 52.2 Å². The molecule has 94 valence electrons. The Balaban J connectivity index is 2.18. The molecule has 1 atom stereocenters. The molecule has 1 rings (SSSR count). The van der Waals surface area contributed by atoms with E-state index in [1.165, 1.54) is 0 Å². The molecule has 0 bridgehead atoms. The first-order chi connectivity index (χ1) is 7.28. The second-order valence-corrected chi connectivity index (χ2v) is 5.81. The van der Waals surface area contributed by atoms with Crippen molar-refractivity contribution in [2.75, 3.05) is 13.1 Å². The summed E-state index contributed by atoms with van der Waals surface area (Å²) in [6, 6.07) is 0.260. The highest BCUT2D eigenvalue weighted by molar-refractivity contribution is 5.69. The third-order valence-electron chi connectivity index (χ3n) is 2.64. The minimum absolute atomic E-state index is 0.190. The molecule has 4 nitrogen and oxygen atoms in total. The van der Waals surface area contributed by atoms with E-state index >= 15 is 0 Å². The standard InChI is InChI=1S/C12H24N2O2/c1-9(13)5-6-10-7-14(8-10)11(15)16-12(2,3)4/h9-10H,5-8,13H2,1-4H3/t9-/m0/s1. The minimum Gasteiger partial charge on any atom is -0.444 e. The number of carbonyl (C=O) groups excluding carboxylic acids is 1. The highest BCUT2D eigenvalue weighted by Crippen LogP contribution is 2.23. The van der Waals surface area contributed by atoms with Crippen molar-refractivity contribution in [1.82, 2.24) is 4.90 Å². The van der Waals surface area contributed by atoms with E-state index in [4.69, 9.17) is 10.5 Å². The number of nitrogens with two attached hydrogens (primary N) is 1. The second kappa shape index (κ2) is 5.04. The summed E-state index contributed by atoms with van der Waals surface area (Å²) in [5.41, 5.74) is 5.30. The molecule has 1 aliphatic heterocycles. The lowest BCUT2D eigenvalue weighted by molar-refractivity contribution is -0.00248. The summed E-state index contributed by atoms with van der Waals surface area (Å²) in [7, 11) is 0. The Morgan fingerprint density at radius 2 is 2.06 bits per heavy atom. The van der Waals surface area contributed by atoms with Gasteiger partial charge in [0.1, 0.15) is 5.60 Å². The van der Waals surface area contributed by atoms with Crippen LogP contribution in [-0.4, -0.2) is 35.7 Å². The predicted molar refractivity (Wildman–Crippen MR) is 64.2 cm³/mol. The van der Waals surface area contributed by atoms with Gasteiger partial charge in [0.05, 0.1) is 0 Å². The van der Waals surface area contributed by atoms with Crippen LogP contribution in [0.25, 0.3) is 0 Å². The molecule has 0 saturated carbocycles. The van der Waals surface area contributed by atoms with Gasteiger partial charge in [-0.2, -0.15) is 0 Å². The third-order valence-corrected chi connectivity index (χ3v) is 2.64. The number of rotatable bonds is 3. The van der Waals surface area contributed by atoms with Crippen LogP contribution in [-0.2, 0) is 4.74 Å². The number of carbonyl (C=O) groups is 1. The van der Waals surface area contributed by atoms with E-state index in [2.05, 4.69) is 0 Å². The summed E-state index contributed by atoms with van der Waals surface area (Å²) in [6.45, 7) is 9.32. The smallest absolute Gasteiger partial charge is 0.410 e. The summed E-state index contributed by atoms with van der Waals surface area (Å²) >= 11 is 0. The average molecular weight is 228 g/mol. The highest BCUT2D eigenvalue weighted by Gasteiger charge is 2.33.